The van der Waals surface area contributed by atoms with Crippen LogP contribution in [0.4, 0.5) is 0 Å². The van der Waals surface area contributed by atoms with E-state index in [9.17, 15) is 9.90 Å². The topological polar surface area (TPSA) is 84.1 Å². The lowest BCUT2D eigenvalue weighted by Gasteiger charge is -2.08. The minimum atomic E-state index is -1.29. The van der Waals surface area contributed by atoms with Crippen molar-refractivity contribution in [3.8, 4) is 17.1 Å². The molecule has 138 valence electrons. The highest BCUT2D eigenvalue weighted by Crippen LogP contribution is 2.30. The Kier molecular flexibility index (Phi) is 5.90. The maximum atomic E-state index is 11.9. The number of furan rings is 1. The minimum Gasteiger partial charge on any atom is -0.495 e. The fraction of sp³-hybridized carbons (Fsp3) is 0.100. The predicted molar refractivity (Wildman–Crippen MR) is 103 cm³/mol. The Morgan fingerprint density at radius 3 is 2.70 bits per heavy atom. The van der Waals surface area contributed by atoms with E-state index in [0.717, 1.165) is 5.56 Å². The summed E-state index contributed by atoms with van der Waals surface area (Å²) in [6.45, 7) is 0. The molecule has 0 aliphatic heterocycles. The molecule has 1 heterocycles. The van der Waals surface area contributed by atoms with E-state index in [0.29, 0.717) is 27.9 Å². The van der Waals surface area contributed by atoms with Gasteiger partial charge in [-0.25, -0.2) is 5.43 Å². The smallest absolute Gasteiger partial charge is 0.273 e. The van der Waals surface area contributed by atoms with E-state index < -0.39 is 12.0 Å². The molecule has 0 unspecified atom stereocenters. The lowest BCUT2D eigenvalue weighted by atomic mass is 10.1. The van der Waals surface area contributed by atoms with Crippen molar-refractivity contribution < 1.29 is 19.1 Å². The summed E-state index contributed by atoms with van der Waals surface area (Å²) in [6.07, 6.45) is 0.0569. The van der Waals surface area contributed by atoms with Crippen molar-refractivity contribution in [2.24, 2.45) is 5.10 Å². The summed E-state index contributed by atoms with van der Waals surface area (Å²) >= 11 is 6.12. The molecule has 7 heteroatoms. The summed E-state index contributed by atoms with van der Waals surface area (Å²) in [4.78, 5) is 11.9. The van der Waals surface area contributed by atoms with Crippen LogP contribution in [0.25, 0.3) is 11.3 Å². The summed E-state index contributed by atoms with van der Waals surface area (Å²) in [5.74, 6) is 0.975. The van der Waals surface area contributed by atoms with Gasteiger partial charge in [0.1, 0.15) is 17.3 Å². The Morgan fingerprint density at radius 1 is 1.22 bits per heavy atom. The molecule has 6 nitrogen and oxygen atoms in total. The van der Waals surface area contributed by atoms with E-state index in [-0.39, 0.29) is 0 Å². The molecule has 3 aromatic rings. The normalized spacial score (nSPS) is 12.1. The average molecular weight is 385 g/mol. The van der Waals surface area contributed by atoms with Crippen LogP contribution in [-0.4, -0.2) is 24.3 Å². The zero-order valence-electron chi connectivity index (χ0n) is 14.4. The van der Waals surface area contributed by atoms with Crippen LogP contribution in [0.1, 0.15) is 17.4 Å². The van der Waals surface area contributed by atoms with Gasteiger partial charge in [-0.1, -0.05) is 41.9 Å². The van der Waals surface area contributed by atoms with Gasteiger partial charge >= 0.3 is 0 Å². The fourth-order valence-electron chi connectivity index (χ4n) is 2.40. The van der Waals surface area contributed by atoms with E-state index in [1.165, 1.54) is 6.21 Å². The molecule has 2 aromatic carbocycles. The number of rotatable bonds is 6. The largest absolute Gasteiger partial charge is 0.495 e. The highest BCUT2D eigenvalue weighted by atomic mass is 35.5. The number of benzene rings is 2. The zero-order chi connectivity index (χ0) is 19.2. The quantitative estimate of drug-likeness (QED) is 0.500. The van der Waals surface area contributed by atoms with Crippen LogP contribution in [0, 0.1) is 0 Å². The van der Waals surface area contributed by atoms with E-state index >= 15 is 0 Å². The van der Waals surface area contributed by atoms with Gasteiger partial charge in [-0.15, -0.1) is 0 Å². The molecule has 0 radical (unpaired) electrons. The number of aliphatic hydroxyl groups excluding tert-OH is 1. The predicted octanol–water partition coefficient (Wildman–Crippen LogP) is 3.79. The highest BCUT2D eigenvalue weighted by Gasteiger charge is 2.16. The van der Waals surface area contributed by atoms with Gasteiger partial charge in [0.15, 0.2) is 6.10 Å². The van der Waals surface area contributed by atoms with Crippen molar-refractivity contribution >= 4 is 23.7 Å². The maximum Gasteiger partial charge on any atom is 0.273 e. The van der Waals surface area contributed by atoms with E-state index in [1.54, 1.807) is 61.7 Å². The molecule has 1 atom stereocenters. The third kappa shape index (κ3) is 4.55. The van der Waals surface area contributed by atoms with Gasteiger partial charge in [0, 0.05) is 5.56 Å². The number of nitrogens with one attached hydrogen (secondary N) is 1. The van der Waals surface area contributed by atoms with Gasteiger partial charge in [0.2, 0.25) is 0 Å². The lowest BCUT2D eigenvalue weighted by Crippen LogP contribution is -2.25. The van der Waals surface area contributed by atoms with Gasteiger partial charge in [-0.05, 0) is 35.9 Å². The minimum absolute atomic E-state index is 0.437. The Labute approximate surface area is 161 Å². The molecule has 0 saturated carbocycles. The van der Waals surface area contributed by atoms with Crippen molar-refractivity contribution in [2.45, 2.75) is 6.10 Å². The molecule has 0 aliphatic carbocycles. The summed E-state index contributed by atoms with van der Waals surface area (Å²) < 4.78 is 10.8. The molecule has 1 amide bonds. The molecule has 1 aromatic heterocycles. The number of hydrogen-bond acceptors (Lipinski definition) is 5. The van der Waals surface area contributed by atoms with Crippen LogP contribution in [0.2, 0.25) is 5.02 Å². The second-order valence-corrected chi connectivity index (χ2v) is 6.01. The van der Waals surface area contributed by atoms with Crippen LogP contribution < -0.4 is 10.2 Å². The van der Waals surface area contributed by atoms with Gasteiger partial charge in [0.25, 0.3) is 5.91 Å². The number of methoxy groups -OCH3 is 1. The summed E-state index contributed by atoms with van der Waals surface area (Å²) in [5, 5.41) is 14.3. The van der Waals surface area contributed by atoms with Crippen LogP contribution in [-0.2, 0) is 4.79 Å². The molecule has 0 fully saturated rings. The molecule has 0 aliphatic rings. The third-order valence-electron chi connectivity index (χ3n) is 3.79. The van der Waals surface area contributed by atoms with Crippen LogP contribution in [0.15, 0.2) is 70.2 Å². The first kappa shape index (κ1) is 18.7. The van der Waals surface area contributed by atoms with Crippen molar-refractivity contribution in [1.82, 2.24) is 5.43 Å². The van der Waals surface area contributed by atoms with Crippen molar-refractivity contribution in [2.75, 3.05) is 7.11 Å². The van der Waals surface area contributed by atoms with Crippen molar-refractivity contribution in [3.05, 3.63) is 77.0 Å². The Morgan fingerprint density at radius 2 is 2.00 bits per heavy atom. The van der Waals surface area contributed by atoms with Crippen molar-refractivity contribution in [3.63, 3.8) is 0 Å². The number of ether oxygens (including phenoxy) is 1. The molecule has 27 heavy (non-hydrogen) atoms. The first-order valence-corrected chi connectivity index (χ1v) is 8.46. The van der Waals surface area contributed by atoms with Crippen LogP contribution >= 0.6 is 11.6 Å². The molecular formula is C20H17ClN2O4. The molecule has 3 rings (SSSR count). The van der Waals surface area contributed by atoms with Crippen LogP contribution in [0.3, 0.4) is 0 Å². The first-order valence-electron chi connectivity index (χ1n) is 8.08. The highest BCUT2D eigenvalue weighted by molar-refractivity contribution is 6.32. The summed E-state index contributed by atoms with van der Waals surface area (Å²) in [7, 11) is 1.55. The van der Waals surface area contributed by atoms with E-state index in [4.69, 9.17) is 20.8 Å². The third-order valence-corrected chi connectivity index (χ3v) is 4.09. The number of amides is 1. The number of carbonyl (C=O) groups is 1. The zero-order valence-corrected chi connectivity index (χ0v) is 15.2. The number of hydrazone groups is 1. The molecular weight excluding hydrogens is 368 g/mol. The first-order chi connectivity index (χ1) is 13.1. The molecule has 2 N–H and O–H groups in total. The van der Waals surface area contributed by atoms with Gasteiger partial charge in [-0.3, -0.25) is 4.79 Å². The monoisotopic (exact) mass is 384 g/mol. The Hall–Kier alpha value is -3.09. The summed E-state index contributed by atoms with van der Waals surface area (Å²) in [6, 6.07) is 17.4. The van der Waals surface area contributed by atoms with Gasteiger partial charge in [-0.2, -0.15) is 5.10 Å². The summed E-state index contributed by atoms with van der Waals surface area (Å²) in [5.41, 5.74) is 3.55. The Balaban J connectivity index is 1.63. The number of nitrogens with zero attached hydrogens (tertiary/aromatic N) is 1. The van der Waals surface area contributed by atoms with Crippen molar-refractivity contribution in [1.29, 1.82) is 0 Å². The fourth-order valence-corrected chi connectivity index (χ4v) is 2.66. The van der Waals surface area contributed by atoms with E-state index in [1.807, 2.05) is 6.07 Å². The number of hydrogen-bond donors (Lipinski definition) is 2. The van der Waals surface area contributed by atoms with Gasteiger partial charge in [0.05, 0.1) is 18.3 Å². The Bertz CT molecular complexity index is 954. The lowest BCUT2D eigenvalue weighted by molar-refractivity contribution is -0.129. The average Bonchev–Trinajstić information content (AvgIpc) is 3.17. The molecule has 0 spiro atoms. The maximum absolute atomic E-state index is 11.9. The van der Waals surface area contributed by atoms with Gasteiger partial charge < -0.3 is 14.3 Å². The SMILES string of the molecule is COc1ccc(-c2ccc(/C=N\NC(=O)[C@H](O)c3ccccc3)o2)cc1Cl. The number of halogens is 1. The molecule has 0 saturated heterocycles. The van der Waals surface area contributed by atoms with Crippen LogP contribution in [0.5, 0.6) is 5.75 Å². The molecule has 0 bridgehead atoms. The second-order valence-electron chi connectivity index (χ2n) is 5.60. The van der Waals surface area contributed by atoms with E-state index in [2.05, 4.69) is 10.5 Å². The number of carbonyl (C=O) groups excluding carboxylic acids is 1. The number of aliphatic hydroxyl groups is 1. The standard InChI is InChI=1S/C20H17ClN2O4/c1-26-18-9-7-14(11-16(18)21)17-10-8-15(27-17)12-22-23-20(25)19(24)13-5-3-2-4-6-13/h2-12,19,24H,1H3,(H,23,25)/b22-12-/t19-/m1/s1. The second kappa shape index (κ2) is 8.53.